The van der Waals surface area contributed by atoms with Crippen LogP contribution in [-0.2, 0) is 4.79 Å². The van der Waals surface area contributed by atoms with Crippen molar-refractivity contribution in [2.75, 3.05) is 19.0 Å². The molecule has 3 heterocycles. The molecule has 0 aliphatic carbocycles. The summed E-state index contributed by atoms with van der Waals surface area (Å²) in [5.41, 5.74) is 1.99. The van der Waals surface area contributed by atoms with Gasteiger partial charge in [-0.05, 0) is 54.7 Å². The number of pyridine rings is 1. The van der Waals surface area contributed by atoms with E-state index in [1.807, 2.05) is 59.5 Å². The van der Waals surface area contributed by atoms with E-state index < -0.39 is 11.0 Å². The minimum absolute atomic E-state index is 0.0807. The Morgan fingerprint density at radius 1 is 1.15 bits per heavy atom. The number of nitro benzene ring substituents is 1. The van der Waals surface area contributed by atoms with Gasteiger partial charge in [0, 0.05) is 30.9 Å². The topological polar surface area (TPSA) is 123 Å². The largest absolute Gasteiger partial charge is 0.496 e. The Kier molecular flexibility index (Phi) is 7.50. The maximum Gasteiger partial charge on any atom is 0.273 e. The fraction of sp³-hybridized carbons (Fsp3) is 0.179. The van der Waals surface area contributed by atoms with E-state index >= 15 is 0 Å². The van der Waals surface area contributed by atoms with Gasteiger partial charge in [0.25, 0.3) is 5.69 Å². The van der Waals surface area contributed by atoms with Crippen LogP contribution in [0.5, 0.6) is 5.75 Å². The van der Waals surface area contributed by atoms with E-state index in [0.29, 0.717) is 34.5 Å². The number of aromatic nitrogens is 1. The molecule has 10 nitrogen and oxygen atoms in total. The van der Waals surface area contributed by atoms with Crippen molar-refractivity contribution in [1.82, 2.24) is 15.2 Å². The molecule has 1 fully saturated rings. The molecular formula is C28H25N5O5S. The highest BCUT2D eigenvalue weighted by atomic mass is 32.1. The van der Waals surface area contributed by atoms with Gasteiger partial charge in [0.15, 0.2) is 5.11 Å². The van der Waals surface area contributed by atoms with Crippen LogP contribution in [0.1, 0.15) is 30.0 Å². The van der Waals surface area contributed by atoms with Crippen molar-refractivity contribution in [3.8, 4) is 17.1 Å². The lowest BCUT2D eigenvalue weighted by Gasteiger charge is -2.25. The predicted octanol–water partition coefficient (Wildman–Crippen LogP) is 5.26. The van der Waals surface area contributed by atoms with Crippen LogP contribution in [0.3, 0.4) is 0 Å². The number of thiocarbonyl (C=S) groups is 1. The van der Waals surface area contributed by atoms with Gasteiger partial charge in [-0.1, -0.05) is 24.3 Å². The molecule has 5 rings (SSSR count). The summed E-state index contributed by atoms with van der Waals surface area (Å²) in [6.07, 6.45) is 1.91. The molecule has 1 aliphatic heterocycles. The zero-order valence-electron chi connectivity index (χ0n) is 20.9. The molecular weight excluding hydrogens is 518 g/mol. The molecule has 39 heavy (non-hydrogen) atoms. The lowest BCUT2D eigenvalue weighted by Crippen LogP contribution is -2.32. The van der Waals surface area contributed by atoms with Crippen molar-refractivity contribution in [3.05, 3.63) is 107 Å². The number of nitrogens with zero attached hydrogens (tertiary/aromatic N) is 3. The first-order valence-electron chi connectivity index (χ1n) is 12.2. The van der Waals surface area contributed by atoms with Crippen molar-refractivity contribution in [1.29, 1.82) is 0 Å². The zero-order chi connectivity index (χ0) is 27.4. The number of benzene rings is 2. The number of carbonyl (C=O) groups excluding carboxylic acids is 1. The summed E-state index contributed by atoms with van der Waals surface area (Å²) in [5.74, 6) is 1.26. The molecule has 1 aliphatic rings. The number of nitro groups is 1. The lowest BCUT2D eigenvalue weighted by molar-refractivity contribution is -0.384. The lowest BCUT2D eigenvalue weighted by atomic mass is 10.0. The summed E-state index contributed by atoms with van der Waals surface area (Å²) in [4.78, 5) is 29.9. The SMILES string of the molecule is COc1cc([N+](=O)[O-])ccc1-c1ccc([C@H]2[C@@H](c3ccccn3)NC(=S)N2CCC(=O)Nc2ccccc2)o1. The second-order valence-electron chi connectivity index (χ2n) is 8.83. The fourth-order valence-corrected chi connectivity index (χ4v) is 4.91. The van der Waals surface area contributed by atoms with E-state index in [9.17, 15) is 14.9 Å². The van der Waals surface area contributed by atoms with Crippen molar-refractivity contribution in [3.63, 3.8) is 0 Å². The molecule has 0 radical (unpaired) electrons. The van der Waals surface area contributed by atoms with E-state index in [-0.39, 0.29) is 24.1 Å². The second-order valence-corrected chi connectivity index (χ2v) is 9.21. The van der Waals surface area contributed by atoms with E-state index in [4.69, 9.17) is 21.4 Å². The highest BCUT2D eigenvalue weighted by Crippen LogP contribution is 2.42. The molecule has 0 bridgehead atoms. The first-order chi connectivity index (χ1) is 18.9. The van der Waals surface area contributed by atoms with Crippen LogP contribution < -0.4 is 15.4 Å². The summed E-state index contributed by atoms with van der Waals surface area (Å²) in [6, 6.07) is 22.2. The minimum atomic E-state index is -0.478. The molecule has 2 aromatic heterocycles. The number of nitrogens with one attached hydrogen (secondary N) is 2. The van der Waals surface area contributed by atoms with Gasteiger partial charge in [0.05, 0.1) is 35.4 Å². The first kappa shape index (κ1) is 25.9. The van der Waals surface area contributed by atoms with Crippen LogP contribution in [0.4, 0.5) is 11.4 Å². The number of amides is 1. The van der Waals surface area contributed by atoms with Crippen LogP contribution in [0.25, 0.3) is 11.3 Å². The van der Waals surface area contributed by atoms with Crippen LogP contribution >= 0.6 is 12.2 Å². The summed E-state index contributed by atoms with van der Waals surface area (Å²) in [6.45, 7) is 0.343. The van der Waals surface area contributed by atoms with Gasteiger partial charge < -0.3 is 24.7 Å². The van der Waals surface area contributed by atoms with Crippen LogP contribution in [-0.4, -0.2) is 39.5 Å². The van der Waals surface area contributed by atoms with Crippen molar-refractivity contribution >= 4 is 34.6 Å². The van der Waals surface area contributed by atoms with Gasteiger partial charge in [0.2, 0.25) is 5.91 Å². The summed E-state index contributed by atoms with van der Waals surface area (Å²) < 4.78 is 11.7. The molecule has 2 atom stereocenters. The maximum absolute atomic E-state index is 12.7. The number of methoxy groups -OCH3 is 1. The number of furan rings is 1. The van der Waals surface area contributed by atoms with E-state index in [1.54, 1.807) is 18.3 Å². The summed E-state index contributed by atoms with van der Waals surface area (Å²) in [5, 5.41) is 17.9. The number of hydrogen-bond donors (Lipinski definition) is 2. The predicted molar refractivity (Wildman–Crippen MR) is 149 cm³/mol. The average molecular weight is 544 g/mol. The van der Waals surface area contributed by atoms with Crippen LogP contribution in [0.2, 0.25) is 0 Å². The Labute approximate surface area is 229 Å². The fourth-order valence-electron chi connectivity index (χ4n) is 4.58. The van der Waals surface area contributed by atoms with Crippen molar-refractivity contribution in [2.24, 2.45) is 0 Å². The van der Waals surface area contributed by atoms with Gasteiger partial charge in [-0.15, -0.1) is 0 Å². The normalized spacial score (nSPS) is 16.5. The Hall–Kier alpha value is -4.77. The van der Waals surface area contributed by atoms with Crippen molar-refractivity contribution < 1.29 is 18.9 Å². The molecule has 0 unspecified atom stereocenters. The molecule has 4 aromatic rings. The quantitative estimate of drug-likeness (QED) is 0.165. The Morgan fingerprint density at radius 2 is 1.95 bits per heavy atom. The average Bonchev–Trinajstić information content (AvgIpc) is 3.57. The standard InChI is InChI=1S/C28H25N5O5S/c1-37-24-17-19(33(35)36)10-11-20(24)22-12-13-23(38-22)27-26(21-9-5-6-15-29-21)31-28(39)32(27)16-14-25(34)30-18-7-3-2-4-8-18/h2-13,15,17,26-27H,14,16H2,1H3,(H,30,34)(H,31,39)/t26-,27+/m1/s1. The first-order valence-corrected chi connectivity index (χ1v) is 12.6. The van der Waals surface area contributed by atoms with Crippen LogP contribution in [0, 0.1) is 10.1 Å². The number of ether oxygens (including phenoxy) is 1. The molecule has 11 heteroatoms. The number of non-ortho nitro benzene ring substituents is 1. The van der Waals surface area contributed by atoms with E-state index in [1.165, 1.54) is 19.2 Å². The Balaban J connectivity index is 1.43. The third-order valence-electron chi connectivity index (χ3n) is 6.41. The number of carbonyl (C=O) groups is 1. The molecule has 198 valence electrons. The van der Waals surface area contributed by atoms with Gasteiger partial charge in [0.1, 0.15) is 23.3 Å². The third-order valence-corrected chi connectivity index (χ3v) is 6.77. The maximum atomic E-state index is 12.7. The highest BCUT2D eigenvalue weighted by Gasteiger charge is 2.41. The Morgan fingerprint density at radius 3 is 2.67 bits per heavy atom. The molecule has 1 saturated heterocycles. The number of para-hydroxylation sites is 1. The van der Waals surface area contributed by atoms with E-state index in [2.05, 4.69) is 15.6 Å². The Bertz CT molecular complexity index is 1490. The number of anilines is 1. The van der Waals surface area contributed by atoms with E-state index in [0.717, 1.165) is 11.4 Å². The van der Waals surface area contributed by atoms with Gasteiger partial charge in [-0.3, -0.25) is 19.9 Å². The second kappa shape index (κ2) is 11.3. The zero-order valence-corrected chi connectivity index (χ0v) is 21.8. The third kappa shape index (κ3) is 5.58. The molecule has 2 N–H and O–H groups in total. The monoisotopic (exact) mass is 543 g/mol. The number of rotatable bonds is 9. The molecule has 0 spiro atoms. The molecule has 0 saturated carbocycles. The molecule has 2 aromatic carbocycles. The van der Waals surface area contributed by atoms with Gasteiger partial charge in [-0.2, -0.15) is 0 Å². The smallest absolute Gasteiger partial charge is 0.273 e. The summed E-state index contributed by atoms with van der Waals surface area (Å²) in [7, 11) is 1.45. The van der Waals surface area contributed by atoms with Gasteiger partial charge >= 0.3 is 0 Å². The van der Waals surface area contributed by atoms with Crippen molar-refractivity contribution in [2.45, 2.75) is 18.5 Å². The minimum Gasteiger partial charge on any atom is -0.496 e. The highest BCUT2D eigenvalue weighted by molar-refractivity contribution is 7.80. The molecule has 1 amide bonds. The summed E-state index contributed by atoms with van der Waals surface area (Å²) >= 11 is 5.68. The van der Waals surface area contributed by atoms with Crippen LogP contribution in [0.15, 0.2) is 89.5 Å². The van der Waals surface area contributed by atoms with Gasteiger partial charge in [-0.25, -0.2) is 0 Å². The number of hydrogen-bond acceptors (Lipinski definition) is 7.